The van der Waals surface area contributed by atoms with Gasteiger partial charge in [0.25, 0.3) is 5.91 Å². The van der Waals surface area contributed by atoms with Crippen LogP contribution in [0.15, 0.2) is 59.7 Å². The number of carboxylic acid groups (broad SMARTS) is 1. The number of anilines is 1. The minimum atomic E-state index is -1.14. The van der Waals surface area contributed by atoms with Crippen molar-refractivity contribution in [3.05, 3.63) is 65.2 Å². The van der Waals surface area contributed by atoms with Crippen LogP contribution in [0.4, 0.5) is 5.69 Å². The molecule has 0 aliphatic rings. The molecule has 0 spiro atoms. The highest BCUT2D eigenvalue weighted by molar-refractivity contribution is 6.32. The molecule has 0 heterocycles. The lowest BCUT2D eigenvalue weighted by atomic mass is 10.1. The number of nitrogens with zero attached hydrogens (tertiary/aromatic N) is 1. The van der Waals surface area contributed by atoms with Crippen molar-refractivity contribution in [3.63, 3.8) is 0 Å². The zero-order chi connectivity index (χ0) is 22.2. The highest BCUT2D eigenvalue weighted by Crippen LogP contribution is 2.36. The first-order valence-corrected chi connectivity index (χ1v) is 9.61. The van der Waals surface area contributed by atoms with Gasteiger partial charge in [0.05, 0.1) is 24.9 Å². The van der Waals surface area contributed by atoms with E-state index in [0.29, 0.717) is 5.56 Å². The molecule has 160 valence electrons. The van der Waals surface area contributed by atoms with E-state index in [1.54, 1.807) is 6.07 Å². The molecule has 0 fully saturated rings. The molecular formula is C22H20ClN3O5. The fourth-order valence-corrected chi connectivity index (χ4v) is 3.14. The van der Waals surface area contributed by atoms with E-state index in [4.69, 9.17) is 26.2 Å². The van der Waals surface area contributed by atoms with Gasteiger partial charge >= 0.3 is 5.97 Å². The highest BCUT2D eigenvalue weighted by atomic mass is 35.5. The third-order valence-electron chi connectivity index (χ3n) is 4.22. The maximum Gasteiger partial charge on any atom is 0.341 e. The van der Waals surface area contributed by atoms with Crippen LogP contribution in [0, 0.1) is 0 Å². The number of hydrogen-bond acceptors (Lipinski definition) is 6. The molecule has 3 aromatic carbocycles. The number of carbonyl (C=O) groups is 2. The molecule has 0 aliphatic heterocycles. The number of hydrogen-bond donors (Lipinski definition) is 3. The maximum absolute atomic E-state index is 12.1. The van der Waals surface area contributed by atoms with E-state index >= 15 is 0 Å². The first kappa shape index (κ1) is 21.9. The lowest BCUT2D eigenvalue weighted by Crippen LogP contribution is -2.25. The van der Waals surface area contributed by atoms with Crippen LogP contribution in [0.5, 0.6) is 11.5 Å². The summed E-state index contributed by atoms with van der Waals surface area (Å²) in [5.74, 6) is -1.10. The lowest BCUT2D eigenvalue weighted by Gasteiger charge is -2.11. The van der Waals surface area contributed by atoms with E-state index in [2.05, 4.69) is 15.8 Å². The van der Waals surface area contributed by atoms with Crippen molar-refractivity contribution in [3.8, 4) is 11.5 Å². The molecule has 0 bridgehead atoms. The Morgan fingerprint density at radius 1 is 1.16 bits per heavy atom. The molecule has 3 rings (SSSR count). The van der Waals surface area contributed by atoms with Crippen LogP contribution in [-0.2, 0) is 9.59 Å². The molecule has 3 N–H and O–H groups in total. The molecule has 31 heavy (non-hydrogen) atoms. The molecule has 0 aliphatic carbocycles. The Balaban J connectivity index is 1.60. The number of halogens is 1. The van der Waals surface area contributed by atoms with Gasteiger partial charge in [-0.05, 0) is 29.1 Å². The van der Waals surface area contributed by atoms with Crippen molar-refractivity contribution in [2.24, 2.45) is 5.10 Å². The molecular weight excluding hydrogens is 422 g/mol. The predicted octanol–water partition coefficient (Wildman–Crippen LogP) is 3.53. The van der Waals surface area contributed by atoms with Crippen molar-refractivity contribution in [2.75, 3.05) is 25.6 Å². The zero-order valence-corrected chi connectivity index (χ0v) is 17.3. The van der Waals surface area contributed by atoms with Crippen LogP contribution in [0.1, 0.15) is 5.56 Å². The minimum absolute atomic E-state index is 0.0391. The summed E-state index contributed by atoms with van der Waals surface area (Å²) < 4.78 is 10.3. The fourth-order valence-electron chi connectivity index (χ4n) is 2.86. The van der Waals surface area contributed by atoms with Gasteiger partial charge in [-0.3, -0.25) is 4.79 Å². The van der Waals surface area contributed by atoms with Crippen LogP contribution >= 0.6 is 11.6 Å². The topological polar surface area (TPSA) is 109 Å². The summed E-state index contributed by atoms with van der Waals surface area (Å²) in [6, 6.07) is 16.8. The van der Waals surface area contributed by atoms with Crippen molar-refractivity contribution in [1.82, 2.24) is 5.43 Å². The van der Waals surface area contributed by atoms with Crippen molar-refractivity contribution < 1.29 is 24.2 Å². The van der Waals surface area contributed by atoms with Gasteiger partial charge in [0.2, 0.25) is 0 Å². The average Bonchev–Trinajstić information content (AvgIpc) is 2.76. The molecule has 0 aromatic heterocycles. The Labute approximate surface area is 183 Å². The number of benzene rings is 3. The van der Waals surface area contributed by atoms with Crippen molar-refractivity contribution >= 4 is 46.2 Å². The molecule has 9 heteroatoms. The van der Waals surface area contributed by atoms with Gasteiger partial charge in [0.1, 0.15) is 0 Å². The quantitative estimate of drug-likeness (QED) is 0.346. The van der Waals surface area contributed by atoms with E-state index in [1.165, 1.54) is 19.4 Å². The normalized spacial score (nSPS) is 10.8. The first-order valence-electron chi connectivity index (χ1n) is 9.23. The first-order chi connectivity index (χ1) is 15.0. The van der Waals surface area contributed by atoms with E-state index in [-0.39, 0.29) is 29.0 Å². The second-order valence-electron chi connectivity index (χ2n) is 6.39. The third-order valence-corrected chi connectivity index (χ3v) is 4.50. The van der Waals surface area contributed by atoms with Gasteiger partial charge in [0, 0.05) is 11.1 Å². The third kappa shape index (κ3) is 5.86. The van der Waals surface area contributed by atoms with Crippen LogP contribution in [-0.4, -0.2) is 43.5 Å². The second-order valence-corrected chi connectivity index (χ2v) is 6.80. The van der Waals surface area contributed by atoms with Crippen LogP contribution in [0.25, 0.3) is 10.8 Å². The number of rotatable bonds is 9. The largest absolute Gasteiger partial charge is 0.493 e. The molecule has 0 unspecified atom stereocenters. The SMILES string of the molecule is COc1cc(/C=N\NC(=O)CNc2cccc3ccccc23)cc(Cl)c1OCC(=O)O. The minimum Gasteiger partial charge on any atom is -0.493 e. The molecule has 3 aromatic rings. The Morgan fingerprint density at radius 2 is 1.94 bits per heavy atom. The lowest BCUT2D eigenvalue weighted by molar-refractivity contribution is -0.139. The Bertz CT molecular complexity index is 1130. The van der Waals surface area contributed by atoms with E-state index < -0.39 is 12.6 Å². The van der Waals surface area contributed by atoms with Gasteiger partial charge in [-0.2, -0.15) is 5.10 Å². The second kappa shape index (κ2) is 10.3. The Kier molecular flexibility index (Phi) is 7.29. The summed E-state index contributed by atoms with van der Waals surface area (Å²) in [5.41, 5.74) is 3.82. The number of ether oxygens (including phenoxy) is 2. The van der Waals surface area contributed by atoms with Crippen LogP contribution < -0.4 is 20.2 Å². The van der Waals surface area contributed by atoms with Gasteiger partial charge < -0.3 is 19.9 Å². The number of hydrazone groups is 1. The number of nitrogens with one attached hydrogen (secondary N) is 2. The molecule has 1 amide bonds. The summed E-state index contributed by atoms with van der Waals surface area (Å²) in [4.78, 5) is 22.8. The van der Waals surface area contributed by atoms with E-state index in [9.17, 15) is 9.59 Å². The summed E-state index contributed by atoms with van der Waals surface area (Å²) >= 11 is 6.15. The summed E-state index contributed by atoms with van der Waals surface area (Å²) in [5, 5.41) is 18.0. The summed E-state index contributed by atoms with van der Waals surface area (Å²) in [6.07, 6.45) is 1.39. The summed E-state index contributed by atoms with van der Waals surface area (Å²) in [6.45, 7) is -0.513. The van der Waals surface area contributed by atoms with E-state index in [1.807, 2.05) is 42.5 Å². The maximum atomic E-state index is 12.1. The molecule has 0 radical (unpaired) electrons. The smallest absolute Gasteiger partial charge is 0.341 e. The molecule has 0 saturated carbocycles. The molecule has 0 saturated heterocycles. The number of aliphatic carboxylic acids is 1. The number of carboxylic acids is 1. The molecule has 8 nitrogen and oxygen atoms in total. The van der Waals surface area contributed by atoms with Crippen molar-refractivity contribution in [2.45, 2.75) is 0 Å². The van der Waals surface area contributed by atoms with Gasteiger partial charge in [-0.1, -0.05) is 48.0 Å². The van der Waals surface area contributed by atoms with Gasteiger partial charge in [0.15, 0.2) is 18.1 Å². The predicted molar refractivity (Wildman–Crippen MR) is 119 cm³/mol. The number of methoxy groups -OCH3 is 1. The van der Waals surface area contributed by atoms with E-state index in [0.717, 1.165) is 16.5 Å². The molecule has 0 atom stereocenters. The monoisotopic (exact) mass is 441 g/mol. The number of amides is 1. The van der Waals surface area contributed by atoms with Gasteiger partial charge in [-0.25, -0.2) is 10.2 Å². The number of carbonyl (C=O) groups excluding carboxylic acids is 1. The Hall–Kier alpha value is -3.78. The fraction of sp³-hybridized carbons (Fsp3) is 0.136. The Morgan fingerprint density at radius 3 is 2.71 bits per heavy atom. The van der Waals surface area contributed by atoms with Crippen molar-refractivity contribution in [1.29, 1.82) is 0 Å². The van der Waals surface area contributed by atoms with Crippen LogP contribution in [0.3, 0.4) is 0 Å². The average molecular weight is 442 g/mol. The number of fused-ring (bicyclic) bond motifs is 1. The zero-order valence-electron chi connectivity index (χ0n) is 16.6. The van der Waals surface area contributed by atoms with Gasteiger partial charge in [-0.15, -0.1) is 0 Å². The highest BCUT2D eigenvalue weighted by Gasteiger charge is 2.13. The standard InChI is InChI=1S/C22H20ClN3O5/c1-30-19-10-14(9-17(23)22(19)31-13-21(28)29)11-25-26-20(27)12-24-18-8-4-6-15-5-2-3-7-16(15)18/h2-11,24H,12-13H2,1H3,(H,26,27)(H,28,29)/b25-11-. The summed E-state index contributed by atoms with van der Waals surface area (Å²) in [7, 11) is 1.40. The van der Waals surface area contributed by atoms with Crippen LogP contribution in [0.2, 0.25) is 5.02 Å².